The zero-order valence-corrected chi connectivity index (χ0v) is 19.7. The monoisotopic (exact) mass is 455 g/mol. The fraction of sp³-hybridized carbons (Fsp3) is 0.480. The molecule has 0 bridgehead atoms. The number of nitrogens with one attached hydrogen (secondary N) is 2. The zero-order chi connectivity index (χ0) is 25.0. The van der Waals surface area contributed by atoms with Gasteiger partial charge in [-0.1, -0.05) is 44.2 Å². The van der Waals surface area contributed by atoms with Crippen molar-refractivity contribution in [2.24, 2.45) is 0 Å². The summed E-state index contributed by atoms with van der Waals surface area (Å²) >= 11 is 0. The fourth-order valence-corrected chi connectivity index (χ4v) is 2.93. The third kappa shape index (κ3) is 8.88. The van der Waals surface area contributed by atoms with Crippen molar-refractivity contribution >= 4 is 17.9 Å². The molecule has 2 unspecified atom stereocenters. The number of amides is 3. The Morgan fingerprint density at radius 3 is 2.27 bits per heavy atom. The number of hydrogen-bond donors (Lipinski definition) is 3. The second-order valence-electron chi connectivity index (χ2n) is 8.39. The number of aliphatic hydroxyl groups excluding tert-OH is 1. The number of carbonyl (C=O) groups excluding carboxylic acids is 3. The summed E-state index contributed by atoms with van der Waals surface area (Å²) < 4.78 is 5.15. The van der Waals surface area contributed by atoms with Crippen LogP contribution < -0.4 is 10.6 Å². The number of unbranched alkanes of at least 4 members (excludes halogenated alkanes) is 2. The maximum absolute atomic E-state index is 13.2. The highest BCUT2D eigenvalue weighted by Gasteiger charge is 2.35. The van der Waals surface area contributed by atoms with E-state index in [1.54, 1.807) is 45.0 Å². The van der Waals surface area contributed by atoms with Crippen LogP contribution in [0.5, 0.6) is 0 Å². The average molecular weight is 456 g/mol. The van der Waals surface area contributed by atoms with Crippen molar-refractivity contribution in [2.45, 2.75) is 64.6 Å². The number of carbonyl (C=O) groups is 3. The van der Waals surface area contributed by atoms with E-state index >= 15 is 0 Å². The molecule has 33 heavy (non-hydrogen) atoms. The highest BCUT2D eigenvalue weighted by molar-refractivity contribution is 5.93. The quantitative estimate of drug-likeness (QED) is 0.285. The summed E-state index contributed by atoms with van der Waals surface area (Å²) in [6.07, 6.45) is 12.8. The lowest BCUT2D eigenvalue weighted by Crippen LogP contribution is -2.53. The van der Waals surface area contributed by atoms with Gasteiger partial charge in [0.25, 0.3) is 5.91 Å². The Balaban J connectivity index is 3.21. The molecule has 0 aromatic heterocycles. The molecule has 0 saturated heterocycles. The van der Waals surface area contributed by atoms with Gasteiger partial charge in [-0.25, -0.2) is 4.79 Å². The van der Waals surface area contributed by atoms with E-state index < -0.39 is 42.2 Å². The number of hydrogen-bond acceptors (Lipinski definition) is 5. The van der Waals surface area contributed by atoms with Crippen molar-refractivity contribution in [3.63, 3.8) is 0 Å². The van der Waals surface area contributed by atoms with Gasteiger partial charge in [0.05, 0.1) is 6.61 Å². The molecule has 0 heterocycles. The molecule has 8 nitrogen and oxygen atoms in total. The van der Waals surface area contributed by atoms with Crippen LogP contribution in [0.15, 0.2) is 24.3 Å². The summed E-state index contributed by atoms with van der Waals surface area (Å²) in [5.41, 5.74) is 0.222. The Morgan fingerprint density at radius 2 is 1.79 bits per heavy atom. The summed E-state index contributed by atoms with van der Waals surface area (Å²) in [4.78, 5) is 39.2. The molecule has 1 aromatic carbocycles. The largest absolute Gasteiger partial charge is 0.444 e. The highest BCUT2D eigenvalue weighted by Crippen LogP contribution is 2.22. The number of aliphatic hydroxyl groups is 1. The summed E-state index contributed by atoms with van der Waals surface area (Å²) in [6, 6.07) is 6.12. The molecule has 1 aromatic rings. The predicted octanol–water partition coefficient (Wildman–Crippen LogP) is 2.32. The van der Waals surface area contributed by atoms with Crippen LogP contribution in [0.2, 0.25) is 0 Å². The van der Waals surface area contributed by atoms with Crippen molar-refractivity contribution in [3.8, 4) is 24.8 Å². The first-order valence-electron chi connectivity index (χ1n) is 10.8. The highest BCUT2D eigenvalue weighted by atomic mass is 16.6. The number of alkyl carbamates (subject to hydrolysis) is 1. The molecule has 0 aliphatic rings. The molecule has 0 saturated carbocycles. The molecule has 8 heteroatoms. The van der Waals surface area contributed by atoms with Gasteiger partial charge in [-0.3, -0.25) is 14.5 Å². The van der Waals surface area contributed by atoms with Gasteiger partial charge in [-0.2, -0.15) is 0 Å². The van der Waals surface area contributed by atoms with Crippen LogP contribution >= 0.6 is 0 Å². The molecule has 0 aliphatic heterocycles. The molecule has 0 fully saturated rings. The van der Waals surface area contributed by atoms with Gasteiger partial charge < -0.3 is 20.5 Å². The standard InChI is InChI=1S/C25H33N3O5/c1-7-10-11-16-26-22(30)21(19-14-12-18(8-2)13-15-19)28(9-3)23(31)20(17-29)27-24(32)33-25(4,5)6/h2-3,12-15,20-21,29H,7,10-11,16-17H2,1,4-6H3,(H,26,30)(H,27,32). The van der Waals surface area contributed by atoms with Crippen LogP contribution in [0.3, 0.4) is 0 Å². The van der Waals surface area contributed by atoms with E-state index in [1.807, 2.05) is 6.92 Å². The van der Waals surface area contributed by atoms with Gasteiger partial charge in [0.15, 0.2) is 0 Å². The van der Waals surface area contributed by atoms with Gasteiger partial charge >= 0.3 is 6.09 Å². The lowest BCUT2D eigenvalue weighted by molar-refractivity contribution is -0.139. The van der Waals surface area contributed by atoms with Crippen molar-refractivity contribution < 1.29 is 24.2 Å². The Kier molecular flexibility index (Phi) is 11.0. The average Bonchev–Trinajstić information content (AvgIpc) is 2.77. The minimum absolute atomic E-state index is 0.414. The predicted molar refractivity (Wildman–Crippen MR) is 126 cm³/mol. The molecule has 0 spiro atoms. The third-order valence-electron chi connectivity index (χ3n) is 4.53. The van der Waals surface area contributed by atoms with Gasteiger partial charge in [-0.15, -0.1) is 6.42 Å². The van der Waals surface area contributed by atoms with Gasteiger partial charge in [-0.05, 0) is 44.9 Å². The molecule has 1 rings (SSSR count). The van der Waals surface area contributed by atoms with E-state index in [4.69, 9.17) is 17.6 Å². The topological polar surface area (TPSA) is 108 Å². The SMILES string of the molecule is C#Cc1ccc(C(C(=O)NCCCCC)N(C#C)C(=O)C(CO)NC(=O)OC(C)(C)C)cc1. The van der Waals surface area contributed by atoms with Crippen LogP contribution in [-0.4, -0.2) is 52.7 Å². The molecular weight excluding hydrogens is 422 g/mol. The van der Waals surface area contributed by atoms with Crippen molar-refractivity contribution in [1.82, 2.24) is 15.5 Å². The molecule has 2 atom stereocenters. The first-order chi connectivity index (χ1) is 15.6. The first-order valence-corrected chi connectivity index (χ1v) is 10.8. The molecular formula is C25H33N3O5. The van der Waals surface area contributed by atoms with Crippen LogP contribution in [0, 0.1) is 24.8 Å². The van der Waals surface area contributed by atoms with Gasteiger partial charge in [0.2, 0.25) is 5.91 Å². The molecule has 0 aliphatic carbocycles. The van der Waals surface area contributed by atoms with Crippen LogP contribution in [0.1, 0.15) is 64.1 Å². The first kappa shape index (κ1) is 27.5. The van der Waals surface area contributed by atoms with Crippen molar-refractivity contribution in [1.29, 1.82) is 0 Å². The van der Waals surface area contributed by atoms with E-state index in [0.29, 0.717) is 17.7 Å². The Labute approximate surface area is 196 Å². The molecule has 0 radical (unpaired) electrons. The van der Waals surface area contributed by atoms with E-state index in [2.05, 4.69) is 22.6 Å². The van der Waals surface area contributed by atoms with Crippen molar-refractivity contribution in [3.05, 3.63) is 35.4 Å². The van der Waals surface area contributed by atoms with E-state index in [0.717, 1.165) is 24.2 Å². The van der Waals surface area contributed by atoms with Gasteiger partial charge in [0.1, 0.15) is 17.7 Å². The molecule has 3 amide bonds. The van der Waals surface area contributed by atoms with Crippen LogP contribution in [0.4, 0.5) is 4.79 Å². The minimum atomic E-state index is -1.41. The number of nitrogens with zero attached hydrogens (tertiary/aromatic N) is 1. The zero-order valence-electron chi connectivity index (χ0n) is 19.7. The Morgan fingerprint density at radius 1 is 1.15 bits per heavy atom. The number of terminal acetylenes is 2. The summed E-state index contributed by atoms with van der Waals surface area (Å²) in [7, 11) is 0. The lowest BCUT2D eigenvalue weighted by atomic mass is 10.0. The van der Waals surface area contributed by atoms with E-state index in [9.17, 15) is 19.5 Å². The normalized spacial score (nSPS) is 12.5. The second kappa shape index (κ2) is 13.1. The smallest absolute Gasteiger partial charge is 0.408 e. The number of ether oxygens (including phenoxy) is 1. The summed E-state index contributed by atoms with van der Waals surface area (Å²) in [5.74, 6) is 1.17. The minimum Gasteiger partial charge on any atom is -0.444 e. The molecule has 178 valence electrons. The maximum atomic E-state index is 13.2. The number of rotatable bonds is 10. The lowest BCUT2D eigenvalue weighted by Gasteiger charge is -2.29. The van der Waals surface area contributed by atoms with Gasteiger partial charge in [0, 0.05) is 18.2 Å². The fourth-order valence-electron chi connectivity index (χ4n) is 2.93. The van der Waals surface area contributed by atoms with E-state index in [1.165, 1.54) is 0 Å². The van der Waals surface area contributed by atoms with Crippen LogP contribution in [-0.2, 0) is 14.3 Å². The third-order valence-corrected chi connectivity index (χ3v) is 4.53. The Hall–Kier alpha value is -3.49. The van der Waals surface area contributed by atoms with Crippen LogP contribution in [0.25, 0.3) is 0 Å². The second-order valence-corrected chi connectivity index (χ2v) is 8.39. The number of benzene rings is 1. The summed E-state index contributed by atoms with van der Waals surface area (Å²) in [5, 5.41) is 14.8. The molecule has 3 N–H and O–H groups in total. The van der Waals surface area contributed by atoms with E-state index in [-0.39, 0.29) is 0 Å². The Bertz CT molecular complexity index is 891. The summed E-state index contributed by atoms with van der Waals surface area (Å²) in [6.45, 7) is 6.70. The maximum Gasteiger partial charge on any atom is 0.408 e. The van der Waals surface area contributed by atoms with Crippen molar-refractivity contribution in [2.75, 3.05) is 13.2 Å².